The van der Waals surface area contributed by atoms with E-state index in [4.69, 9.17) is 21.7 Å². The highest BCUT2D eigenvalue weighted by atomic mass is 32.1. The number of thiocarbonyl (C=S) groups is 1. The second-order valence-electron chi connectivity index (χ2n) is 6.54. The van der Waals surface area contributed by atoms with Crippen LogP contribution in [0.25, 0.3) is 0 Å². The van der Waals surface area contributed by atoms with Crippen molar-refractivity contribution in [3.63, 3.8) is 0 Å². The van der Waals surface area contributed by atoms with Crippen LogP contribution in [0.15, 0.2) is 84.5 Å². The molecule has 0 bridgehead atoms. The van der Waals surface area contributed by atoms with E-state index in [1.807, 2.05) is 82.9 Å². The molecule has 0 saturated carbocycles. The van der Waals surface area contributed by atoms with Crippen LogP contribution in [0, 0.1) is 0 Å². The Morgan fingerprint density at radius 1 is 0.767 bits per heavy atom. The van der Waals surface area contributed by atoms with Gasteiger partial charge in [0.25, 0.3) is 0 Å². The Kier molecular flexibility index (Phi) is 6.98. The third-order valence-corrected chi connectivity index (χ3v) is 4.94. The molecule has 0 unspecified atom stereocenters. The van der Waals surface area contributed by atoms with Gasteiger partial charge in [-0.1, -0.05) is 72.9 Å². The lowest BCUT2D eigenvalue weighted by atomic mass is 10.1. The highest BCUT2D eigenvalue weighted by molar-refractivity contribution is 7.82. The predicted octanol–water partition coefficient (Wildman–Crippen LogP) is 3.40. The van der Waals surface area contributed by atoms with Crippen molar-refractivity contribution in [1.29, 1.82) is 0 Å². The van der Waals surface area contributed by atoms with Crippen LogP contribution in [0.3, 0.4) is 0 Å². The molecule has 0 aliphatic carbocycles. The van der Waals surface area contributed by atoms with E-state index in [2.05, 4.69) is 0 Å². The van der Waals surface area contributed by atoms with E-state index in [9.17, 15) is 9.59 Å². The fourth-order valence-corrected chi connectivity index (χ4v) is 3.41. The minimum atomic E-state index is -0.760. The number of carbonyl (C=O) groups excluding carboxylic acids is 2. The number of ether oxygens (including phenoxy) is 2. The molecule has 0 saturated heterocycles. The molecule has 0 amide bonds. The highest BCUT2D eigenvalue weighted by Crippen LogP contribution is 2.29. The Balaban J connectivity index is 2.07. The molecule has 3 rings (SSSR count). The molecule has 0 aromatic heterocycles. The first-order valence-corrected chi connectivity index (χ1v) is 9.70. The Morgan fingerprint density at radius 3 is 1.60 bits per heavy atom. The molecule has 0 fully saturated rings. The van der Waals surface area contributed by atoms with E-state index in [1.165, 1.54) is 14.2 Å². The zero-order valence-electron chi connectivity index (χ0n) is 16.8. The zero-order chi connectivity index (χ0) is 21.5. The summed E-state index contributed by atoms with van der Waals surface area (Å²) < 4.78 is 9.74. The molecular weight excluding hydrogens is 400 g/mol. The van der Waals surface area contributed by atoms with Crippen LogP contribution >= 0.6 is 12.2 Å². The summed E-state index contributed by atoms with van der Waals surface area (Å²) in [6, 6.07) is 19.6. The smallest absolute Gasteiger partial charge is 0.349 e. The number of hydrogen-bond donors (Lipinski definition) is 0. The van der Waals surface area contributed by atoms with E-state index >= 15 is 0 Å². The summed E-state index contributed by atoms with van der Waals surface area (Å²) in [4.78, 5) is 28.4. The molecule has 2 aromatic carbocycles. The van der Waals surface area contributed by atoms with Crippen LogP contribution in [0.1, 0.15) is 11.1 Å². The molecule has 1 aliphatic heterocycles. The van der Waals surface area contributed by atoms with E-state index in [0.29, 0.717) is 18.9 Å². The third kappa shape index (κ3) is 4.75. The van der Waals surface area contributed by atoms with E-state index in [1.54, 1.807) is 0 Å². The van der Waals surface area contributed by atoms with Crippen molar-refractivity contribution in [2.45, 2.75) is 13.1 Å². The average Bonchev–Trinajstić information content (AvgIpc) is 3.16. The molecule has 0 spiro atoms. The Morgan fingerprint density at radius 2 is 1.20 bits per heavy atom. The van der Waals surface area contributed by atoms with Gasteiger partial charge < -0.3 is 19.3 Å². The lowest BCUT2D eigenvalue weighted by molar-refractivity contribution is -0.137. The number of benzene rings is 2. The molecule has 7 heteroatoms. The van der Waals surface area contributed by atoms with Gasteiger partial charge in [-0.15, -0.1) is 0 Å². The molecule has 0 atom stereocenters. The lowest BCUT2D eigenvalue weighted by Crippen LogP contribution is -2.32. The molecular formula is C23H22N2O4S. The topological polar surface area (TPSA) is 59.1 Å². The predicted molar refractivity (Wildman–Crippen MR) is 117 cm³/mol. The van der Waals surface area contributed by atoms with Crippen LogP contribution in [0.5, 0.6) is 0 Å². The lowest BCUT2D eigenvalue weighted by Gasteiger charge is -2.27. The van der Waals surface area contributed by atoms with Crippen LogP contribution < -0.4 is 0 Å². The fourth-order valence-electron chi connectivity index (χ4n) is 3.15. The molecule has 30 heavy (non-hydrogen) atoms. The van der Waals surface area contributed by atoms with Crippen LogP contribution in [0.2, 0.25) is 0 Å². The summed E-state index contributed by atoms with van der Waals surface area (Å²) in [5.41, 5.74) is 2.07. The van der Waals surface area contributed by atoms with Gasteiger partial charge in [0.2, 0.25) is 0 Å². The number of esters is 2. The van der Waals surface area contributed by atoms with Crippen LogP contribution in [-0.2, 0) is 32.2 Å². The van der Waals surface area contributed by atoms with Gasteiger partial charge in [-0.25, -0.2) is 9.59 Å². The van der Waals surface area contributed by atoms with Gasteiger partial charge in [-0.2, -0.15) is 0 Å². The summed E-state index contributed by atoms with van der Waals surface area (Å²) in [6.45, 7) is 0.977. The van der Waals surface area contributed by atoms with Crippen LogP contribution in [0.4, 0.5) is 0 Å². The molecule has 1 heterocycles. The molecule has 6 nitrogen and oxygen atoms in total. The molecule has 1 aliphatic rings. The van der Waals surface area contributed by atoms with Crippen molar-refractivity contribution >= 4 is 29.0 Å². The number of nitrogens with zero attached hydrogens (tertiary/aromatic N) is 2. The van der Waals surface area contributed by atoms with Gasteiger partial charge in [0, 0.05) is 25.5 Å². The van der Waals surface area contributed by atoms with Gasteiger partial charge in [-0.05, 0) is 11.1 Å². The van der Waals surface area contributed by atoms with Gasteiger partial charge >= 0.3 is 11.9 Å². The summed E-state index contributed by atoms with van der Waals surface area (Å²) in [5, 5.41) is 0. The number of carbonyl (C=O) groups is 2. The number of rotatable bonds is 7. The molecule has 154 valence electrons. The number of methoxy groups -OCH3 is 2. The summed E-state index contributed by atoms with van der Waals surface area (Å²) >= 11 is 5.30. The first kappa shape index (κ1) is 21.3. The van der Waals surface area contributed by atoms with Crippen molar-refractivity contribution in [3.8, 4) is 0 Å². The second kappa shape index (κ2) is 9.84. The van der Waals surface area contributed by atoms with Crippen molar-refractivity contribution in [2.75, 3.05) is 14.2 Å². The Hall–Kier alpha value is -3.45. The average molecular weight is 423 g/mol. The SMILES string of the molecule is COC(=O)C(=S)C(C(=O)OC)=C1N(Cc2ccccc2)C=CN1Cc1ccccc1. The highest BCUT2D eigenvalue weighted by Gasteiger charge is 2.33. The van der Waals surface area contributed by atoms with Gasteiger partial charge in [0.05, 0.1) is 14.2 Å². The monoisotopic (exact) mass is 422 g/mol. The van der Waals surface area contributed by atoms with Gasteiger partial charge in [-0.3, -0.25) is 0 Å². The first-order chi connectivity index (χ1) is 14.5. The Labute approximate surface area is 181 Å². The standard InChI is InChI=1S/C23H22N2O4S/c1-28-22(26)19(20(30)23(27)29-2)21-24(15-17-9-5-3-6-10-17)13-14-25(21)16-18-11-7-4-8-12-18/h3-14H,15-16H2,1-2H3. The second-order valence-corrected chi connectivity index (χ2v) is 6.94. The van der Waals surface area contributed by atoms with E-state index < -0.39 is 11.9 Å². The van der Waals surface area contributed by atoms with Crippen molar-refractivity contribution in [3.05, 3.63) is 95.6 Å². The largest absolute Gasteiger partial charge is 0.465 e. The Bertz CT molecular complexity index is 933. The normalized spacial score (nSPS) is 12.7. The molecule has 2 aromatic rings. The minimum absolute atomic E-state index is 0.00351. The maximum absolute atomic E-state index is 12.7. The van der Waals surface area contributed by atoms with Crippen LogP contribution in [-0.4, -0.2) is 40.8 Å². The molecule has 0 radical (unpaired) electrons. The fraction of sp³-hybridized carbons (Fsp3) is 0.174. The van der Waals surface area contributed by atoms with Crippen molar-refractivity contribution < 1.29 is 19.1 Å². The quantitative estimate of drug-likeness (QED) is 0.385. The summed E-state index contributed by atoms with van der Waals surface area (Å²) in [7, 11) is 2.48. The zero-order valence-corrected chi connectivity index (χ0v) is 17.6. The summed E-state index contributed by atoms with van der Waals surface area (Å²) in [6.07, 6.45) is 3.71. The minimum Gasteiger partial charge on any atom is -0.465 e. The van der Waals surface area contributed by atoms with E-state index in [-0.39, 0.29) is 10.4 Å². The van der Waals surface area contributed by atoms with E-state index in [0.717, 1.165) is 11.1 Å². The van der Waals surface area contributed by atoms with Crippen molar-refractivity contribution in [2.24, 2.45) is 0 Å². The van der Waals surface area contributed by atoms with Gasteiger partial charge in [0.15, 0.2) is 0 Å². The summed E-state index contributed by atoms with van der Waals surface area (Å²) in [5.74, 6) is -0.977. The maximum atomic E-state index is 12.7. The molecule has 0 N–H and O–H groups in total. The van der Waals surface area contributed by atoms with Crippen molar-refractivity contribution in [1.82, 2.24) is 9.80 Å². The van der Waals surface area contributed by atoms with Gasteiger partial charge in [0.1, 0.15) is 16.3 Å². The maximum Gasteiger partial charge on any atom is 0.349 e. The third-order valence-electron chi connectivity index (χ3n) is 4.57. The number of hydrogen-bond acceptors (Lipinski definition) is 7. The first-order valence-electron chi connectivity index (χ1n) is 9.29.